The molecule has 0 saturated heterocycles. The third-order valence-electron chi connectivity index (χ3n) is 4.65. The maximum atomic E-state index is 13.1. The number of nitrogens with zero attached hydrogens (tertiary/aromatic N) is 2. The highest BCUT2D eigenvalue weighted by atomic mass is 32.2. The van der Waals surface area contributed by atoms with Crippen LogP contribution < -0.4 is 4.31 Å². The molecule has 0 aliphatic heterocycles. The van der Waals surface area contributed by atoms with Crippen LogP contribution in [0.15, 0.2) is 78.9 Å². The second-order valence-electron chi connectivity index (χ2n) is 7.09. The first-order valence-electron chi connectivity index (χ1n) is 9.35. The van der Waals surface area contributed by atoms with Crippen molar-refractivity contribution in [2.45, 2.75) is 13.1 Å². The lowest BCUT2D eigenvalue weighted by molar-refractivity contribution is 0.0785. The largest absolute Gasteiger partial charge is 0.337 e. The fourth-order valence-corrected chi connectivity index (χ4v) is 3.96. The van der Waals surface area contributed by atoms with E-state index in [1.54, 1.807) is 48.3 Å². The van der Waals surface area contributed by atoms with E-state index in [9.17, 15) is 17.6 Å². The van der Waals surface area contributed by atoms with E-state index in [4.69, 9.17) is 0 Å². The molecule has 0 fully saturated rings. The summed E-state index contributed by atoms with van der Waals surface area (Å²) >= 11 is 0. The first-order chi connectivity index (χ1) is 14.2. The molecule has 0 radical (unpaired) electrons. The van der Waals surface area contributed by atoms with Crippen molar-refractivity contribution < 1.29 is 17.6 Å². The van der Waals surface area contributed by atoms with Crippen LogP contribution in [0.1, 0.15) is 21.5 Å². The van der Waals surface area contributed by atoms with Crippen LogP contribution in [0, 0.1) is 5.82 Å². The molecule has 1 amide bonds. The summed E-state index contributed by atoms with van der Waals surface area (Å²) in [7, 11) is -1.85. The van der Waals surface area contributed by atoms with E-state index in [0.29, 0.717) is 23.4 Å². The molecule has 0 heterocycles. The molecule has 0 spiro atoms. The van der Waals surface area contributed by atoms with Gasteiger partial charge in [-0.3, -0.25) is 9.10 Å². The van der Waals surface area contributed by atoms with Crippen molar-refractivity contribution in [3.8, 4) is 0 Å². The molecule has 0 aromatic heterocycles. The van der Waals surface area contributed by atoms with E-state index in [1.165, 1.54) is 16.4 Å². The number of carbonyl (C=O) groups is 1. The Hall–Kier alpha value is -3.19. The van der Waals surface area contributed by atoms with Gasteiger partial charge in [-0.15, -0.1) is 0 Å². The zero-order valence-electron chi connectivity index (χ0n) is 16.8. The lowest BCUT2D eigenvalue weighted by atomic mass is 10.1. The quantitative estimate of drug-likeness (QED) is 0.572. The van der Waals surface area contributed by atoms with Gasteiger partial charge in [-0.1, -0.05) is 42.5 Å². The zero-order valence-corrected chi connectivity index (χ0v) is 17.6. The van der Waals surface area contributed by atoms with Crippen LogP contribution in [0.25, 0.3) is 0 Å². The summed E-state index contributed by atoms with van der Waals surface area (Å²) in [6, 6.07) is 21.8. The van der Waals surface area contributed by atoms with Crippen molar-refractivity contribution in [3.63, 3.8) is 0 Å². The highest BCUT2D eigenvalue weighted by Crippen LogP contribution is 2.22. The van der Waals surface area contributed by atoms with Gasteiger partial charge in [-0.25, -0.2) is 12.8 Å². The number of carbonyl (C=O) groups excluding carboxylic acids is 1. The maximum absolute atomic E-state index is 13.1. The third kappa shape index (κ3) is 5.45. The smallest absolute Gasteiger partial charge is 0.253 e. The SMILES string of the molecule is CN(Cc1ccccc1)C(=O)c1ccc(N(Cc2ccc(F)cc2)S(C)(=O)=O)cc1. The monoisotopic (exact) mass is 426 g/mol. The number of amides is 1. The summed E-state index contributed by atoms with van der Waals surface area (Å²) in [6.45, 7) is 0.543. The van der Waals surface area contributed by atoms with Gasteiger partial charge in [-0.05, 0) is 47.5 Å². The molecule has 5 nitrogen and oxygen atoms in total. The van der Waals surface area contributed by atoms with Crippen LogP contribution in [0.2, 0.25) is 0 Å². The molecule has 3 aromatic rings. The summed E-state index contributed by atoms with van der Waals surface area (Å²) in [4.78, 5) is 14.3. The van der Waals surface area contributed by atoms with Gasteiger partial charge in [-0.2, -0.15) is 0 Å². The average molecular weight is 427 g/mol. The molecule has 0 bridgehead atoms. The van der Waals surface area contributed by atoms with Gasteiger partial charge in [0.15, 0.2) is 0 Å². The summed E-state index contributed by atoms with van der Waals surface area (Å²) in [5.41, 5.74) is 2.58. The summed E-state index contributed by atoms with van der Waals surface area (Å²) in [5.74, 6) is -0.540. The number of sulfonamides is 1. The maximum Gasteiger partial charge on any atom is 0.253 e. The van der Waals surface area contributed by atoms with Gasteiger partial charge < -0.3 is 4.90 Å². The normalized spacial score (nSPS) is 11.2. The van der Waals surface area contributed by atoms with Gasteiger partial charge >= 0.3 is 0 Å². The van der Waals surface area contributed by atoms with Gasteiger partial charge in [0.2, 0.25) is 10.0 Å². The van der Waals surface area contributed by atoms with Gasteiger partial charge in [0.1, 0.15) is 5.82 Å². The van der Waals surface area contributed by atoms with Crippen molar-refractivity contribution >= 4 is 21.6 Å². The highest BCUT2D eigenvalue weighted by Gasteiger charge is 2.19. The molecular weight excluding hydrogens is 403 g/mol. The van der Waals surface area contributed by atoms with E-state index < -0.39 is 10.0 Å². The van der Waals surface area contributed by atoms with Crippen molar-refractivity contribution in [1.82, 2.24) is 4.90 Å². The Morgan fingerprint density at radius 2 is 1.40 bits per heavy atom. The van der Waals surface area contributed by atoms with E-state index in [0.717, 1.165) is 11.8 Å². The standard InChI is InChI=1S/C23H23FN2O3S/c1-25(16-18-6-4-3-5-7-18)23(27)20-10-14-22(15-11-20)26(30(2,28)29)17-19-8-12-21(24)13-9-19/h3-15H,16-17H2,1-2H3. The van der Waals surface area contributed by atoms with E-state index >= 15 is 0 Å². The average Bonchev–Trinajstić information content (AvgIpc) is 2.73. The van der Waals surface area contributed by atoms with Crippen molar-refractivity contribution in [3.05, 3.63) is 101 Å². The topological polar surface area (TPSA) is 57.7 Å². The number of halogens is 1. The Balaban J connectivity index is 1.77. The predicted molar refractivity (Wildman–Crippen MR) is 116 cm³/mol. The van der Waals surface area contributed by atoms with E-state index in [2.05, 4.69) is 0 Å². The van der Waals surface area contributed by atoms with Crippen LogP contribution in [0.4, 0.5) is 10.1 Å². The molecule has 7 heteroatoms. The van der Waals surface area contributed by atoms with Crippen LogP contribution in [0.3, 0.4) is 0 Å². The molecular formula is C23H23FN2O3S. The van der Waals surface area contributed by atoms with E-state index in [-0.39, 0.29) is 18.3 Å². The fourth-order valence-electron chi connectivity index (χ4n) is 3.08. The Morgan fingerprint density at radius 1 is 0.833 bits per heavy atom. The summed E-state index contributed by atoms with van der Waals surface area (Å²) in [6.07, 6.45) is 1.11. The number of rotatable bonds is 7. The summed E-state index contributed by atoms with van der Waals surface area (Å²) in [5, 5.41) is 0. The molecule has 0 aliphatic carbocycles. The molecule has 3 aromatic carbocycles. The summed E-state index contributed by atoms with van der Waals surface area (Å²) < 4.78 is 39.0. The lowest BCUT2D eigenvalue weighted by Crippen LogP contribution is -2.29. The number of hydrogen-bond acceptors (Lipinski definition) is 3. The van der Waals surface area contributed by atoms with Crippen molar-refractivity contribution in [2.75, 3.05) is 17.6 Å². The molecule has 0 aliphatic rings. The third-order valence-corrected chi connectivity index (χ3v) is 5.79. The number of hydrogen-bond donors (Lipinski definition) is 0. The first kappa shape index (κ1) is 21.5. The molecule has 0 saturated carbocycles. The molecule has 30 heavy (non-hydrogen) atoms. The van der Waals surface area contributed by atoms with Gasteiger partial charge in [0, 0.05) is 19.2 Å². The number of anilines is 1. The van der Waals surface area contributed by atoms with Gasteiger partial charge in [0.05, 0.1) is 18.5 Å². The first-order valence-corrected chi connectivity index (χ1v) is 11.2. The molecule has 156 valence electrons. The Morgan fingerprint density at radius 3 is 1.97 bits per heavy atom. The van der Waals surface area contributed by atoms with Crippen LogP contribution in [-0.2, 0) is 23.1 Å². The minimum Gasteiger partial charge on any atom is -0.337 e. The second kappa shape index (κ2) is 9.09. The fraction of sp³-hybridized carbons (Fsp3) is 0.174. The minimum atomic E-state index is -3.57. The highest BCUT2D eigenvalue weighted by molar-refractivity contribution is 7.92. The van der Waals surface area contributed by atoms with Gasteiger partial charge in [0.25, 0.3) is 5.91 Å². The van der Waals surface area contributed by atoms with Crippen molar-refractivity contribution in [2.24, 2.45) is 0 Å². The second-order valence-corrected chi connectivity index (χ2v) is 9.00. The predicted octanol–water partition coefficient (Wildman–Crippen LogP) is 4.06. The Bertz CT molecular complexity index is 1100. The number of benzene rings is 3. The van der Waals surface area contributed by atoms with Crippen LogP contribution in [-0.4, -0.2) is 32.5 Å². The molecule has 0 N–H and O–H groups in total. The Labute approximate surface area is 176 Å². The van der Waals surface area contributed by atoms with Crippen LogP contribution in [0.5, 0.6) is 0 Å². The van der Waals surface area contributed by atoms with Crippen molar-refractivity contribution in [1.29, 1.82) is 0 Å². The Kier molecular flexibility index (Phi) is 6.52. The zero-order chi connectivity index (χ0) is 21.7. The molecule has 0 atom stereocenters. The lowest BCUT2D eigenvalue weighted by Gasteiger charge is -2.23. The van der Waals surface area contributed by atoms with Crippen LogP contribution >= 0.6 is 0 Å². The minimum absolute atomic E-state index is 0.0698. The molecule has 3 rings (SSSR count). The molecule has 0 unspecified atom stereocenters. The van der Waals surface area contributed by atoms with E-state index in [1.807, 2.05) is 30.3 Å².